The molecule has 0 spiro atoms. The molecule has 7 heteroatoms. The molecule has 1 aromatic carbocycles. The molecule has 1 atom stereocenters. The second-order valence-electron chi connectivity index (χ2n) is 12.2. The zero-order valence-electron chi connectivity index (χ0n) is 20.4. The number of carbonyl (C=O) groups excluding carboxylic acids is 2. The summed E-state index contributed by atoms with van der Waals surface area (Å²) in [6, 6.07) is 7.17. The Kier molecular flexibility index (Phi) is 5.44. The second-order valence-corrected chi connectivity index (χ2v) is 12.2. The average Bonchev–Trinajstić information content (AvgIpc) is 2.94. The molecular weight excluding hydrogens is 415 g/mol. The van der Waals surface area contributed by atoms with Crippen LogP contribution in [0.15, 0.2) is 24.3 Å². The van der Waals surface area contributed by atoms with Gasteiger partial charge in [0.25, 0.3) is 0 Å². The van der Waals surface area contributed by atoms with E-state index in [1.54, 1.807) is 0 Å². The number of hydrogen-bond donors (Lipinski definition) is 2. The van der Waals surface area contributed by atoms with E-state index >= 15 is 0 Å². The van der Waals surface area contributed by atoms with E-state index in [1.807, 2.05) is 52.0 Å². The molecule has 178 valence electrons. The number of rotatable bonds is 6. The Morgan fingerprint density at radius 2 is 1.45 bits per heavy atom. The Labute approximate surface area is 197 Å². The molecule has 2 amide bonds. The van der Waals surface area contributed by atoms with Crippen LogP contribution in [0.5, 0.6) is 0 Å². The Morgan fingerprint density at radius 3 is 1.91 bits per heavy atom. The van der Waals surface area contributed by atoms with Gasteiger partial charge in [0.05, 0.1) is 11.2 Å². The van der Waals surface area contributed by atoms with Gasteiger partial charge in [-0.05, 0) is 95.0 Å². The molecule has 5 aliphatic rings. The van der Waals surface area contributed by atoms with Gasteiger partial charge in [-0.3, -0.25) is 9.59 Å². The van der Waals surface area contributed by atoms with Crippen molar-refractivity contribution >= 4 is 24.4 Å². The van der Waals surface area contributed by atoms with Crippen LogP contribution in [0.25, 0.3) is 0 Å². The lowest BCUT2D eigenvalue weighted by atomic mass is 9.49. The second kappa shape index (κ2) is 7.84. The van der Waals surface area contributed by atoms with E-state index in [2.05, 4.69) is 5.32 Å². The van der Waals surface area contributed by atoms with Gasteiger partial charge in [0.15, 0.2) is 0 Å². The first-order chi connectivity index (χ1) is 15.5. The fourth-order valence-corrected chi connectivity index (χ4v) is 6.95. The molecule has 1 aromatic rings. The van der Waals surface area contributed by atoms with Crippen molar-refractivity contribution in [3.63, 3.8) is 0 Å². The number of benzene rings is 1. The van der Waals surface area contributed by atoms with E-state index in [0.29, 0.717) is 24.2 Å². The Hall–Kier alpha value is -1.86. The van der Waals surface area contributed by atoms with Gasteiger partial charge in [-0.15, -0.1) is 0 Å². The molecule has 5 fully saturated rings. The predicted molar refractivity (Wildman–Crippen MR) is 128 cm³/mol. The zero-order valence-corrected chi connectivity index (χ0v) is 20.4. The van der Waals surface area contributed by atoms with Crippen molar-refractivity contribution < 1.29 is 18.9 Å². The maximum atomic E-state index is 13.4. The van der Waals surface area contributed by atoms with E-state index in [1.165, 1.54) is 19.3 Å². The van der Waals surface area contributed by atoms with Crippen LogP contribution < -0.4 is 16.5 Å². The lowest BCUT2D eigenvalue weighted by Crippen LogP contribution is -2.57. The minimum absolute atomic E-state index is 0.0410. The first-order valence-electron chi connectivity index (χ1n) is 12.5. The first kappa shape index (κ1) is 22.9. The number of amides is 2. The van der Waals surface area contributed by atoms with Gasteiger partial charge in [0, 0.05) is 11.8 Å². The largest absolute Gasteiger partial charge is 0.494 e. The van der Waals surface area contributed by atoms with E-state index in [9.17, 15) is 9.59 Å². The smallest absolute Gasteiger partial charge is 0.399 e. The molecule has 4 saturated carbocycles. The molecular formula is C26H37BN2O4. The summed E-state index contributed by atoms with van der Waals surface area (Å²) in [5, 5.41) is 3.05. The van der Waals surface area contributed by atoms with Crippen LogP contribution in [0.4, 0.5) is 0 Å². The van der Waals surface area contributed by atoms with Crippen molar-refractivity contribution in [2.24, 2.45) is 28.9 Å². The summed E-state index contributed by atoms with van der Waals surface area (Å²) in [4.78, 5) is 25.7. The number of nitrogens with two attached hydrogens (primary N) is 1. The highest BCUT2D eigenvalue weighted by Crippen LogP contribution is 2.60. The predicted octanol–water partition coefficient (Wildman–Crippen LogP) is 2.71. The maximum absolute atomic E-state index is 13.4. The summed E-state index contributed by atoms with van der Waals surface area (Å²) in [7, 11) is -0.424. The van der Waals surface area contributed by atoms with Gasteiger partial charge in [0.2, 0.25) is 11.8 Å². The summed E-state index contributed by atoms with van der Waals surface area (Å²) in [6.07, 6.45) is 7.14. The highest BCUT2D eigenvalue weighted by atomic mass is 16.7. The topological polar surface area (TPSA) is 90.6 Å². The number of hydrogen-bond acceptors (Lipinski definition) is 4. The standard InChI is InChI=1S/C26H37BN2O4/c1-24(2)25(3,4)33-27(32-24)20-7-5-16(6-8-20)12-21(22(28)30)29-23(31)26-13-17-9-18(14-26)11-19(10-17)15-26/h5-8,17-19,21H,9-15H2,1-4H3,(H2,28,30)(H,29,31)/t17?,18?,19?,21-,26?/m1/s1. The summed E-state index contributed by atoms with van der Waals surface area (Å²) in [5.41, 5.74) is 6.53. The molecule has 3 N–H and O–H groups in total. The highest BCUT2D eigenvalue weighted by Gasteiger charge is 2.55. The summed E-state index contributed by atoms with van der Waals surface area (Å²) in [5.74, 6) is 1.59. The van der Waals surface area contributed by atoms with Gasteiger partial charge >= 0.3 is 7.12 Å². The molecule has 6 rings (SSSR count). The third kappa shape index (κ3) is 4.12. The quantitative estimate of drug-likeness (QED) is 0.650. The Balaban J connectivity index is 1.25. The normalized spacial score (nSPS) is 34.3. The van der Waals surface area contributed by atoms with Crippen LogP contribution in [0.3, 0.4) is 0 Å². The van der Waals surface area contributed by atoms with Gasteiger partial charge in [-0.25, -0.2) is 0 Å². The highest BCUT2D eigenvalue weighted by molar-refractivity contribution is 6.62. The maximum Gasteiger partial charge on any atom is 0.494 e. The summed E-state index contributed by atoms with van der Waals surface area (Å²) >= 11 is 0. The van der Waals surface area contributed by atoms with E-state index in [4.69, 9.17) is 15.0 Å². The molecule has 0 aromatic heterocycles. The van der Waals surface area contributed by atoms with Crippen LogP contribution in [0, 0.1) is 23.2 Å². The molecule has 6 nitrogen and oxygen atoms in total. The van der Waals surface area contributed by atoms with Crippen molar-refractivity contribution in [1.29, 1.82) is 0 Å². The summed E-state index contributed by atoms with van der Waals surface area (Å²) in [6.45, 7) is 8.13. The first-order valence-corrected chi connectivity index (χ1v) is 12.5. The molecule has 4 aliphatic carbocycles. The lowest BCUT2D eigenvalue weighted by molar-refractivity contribution is -0.148. The molecule has 33 heavy (non-hydrogen) atoms. The van der Waals surface area contributed by atoms with Gasteiger partial charge in [-0.1, -0.05) is 24.3 Å². The Morgan fingerprint density at radius 1 is 0.970 bits per heavy atom. The molecule has 4 bridgehead atoms. The van der Waals surface area contributed by atoms with E-state index in [0.717, 1.165) is 30.3 Å². The van der Waals surface area contributed by atoms with Crippen LogP contribution >= 0.6 is 0 Å². The lowest BCUT2D eigenvalue weighted by Gasteiger charge is -2.55. The van der Waals surface area contributed by atoms with Crippen molar-refractivity contribution in [3.8, 4) is 0 Å². The van der Waals surface area contributed by atoms with Gasteiger partial charge in [0.1, 0.15) is 6.04 Å². The Bertz CT molecular complexity index is 891. The van der Waals surface area contributed by atoms with E-state index < -0.39 is 30.3 Å². The van der Waals surface area contributed by atoms with Crippen molar-refractivity contribution in [1.82, 2.24) is 5.32 Å². The van der Waals surface area contributed by atoms with Crippen molar-refractivity contribution in [3.05, 3.63) is 29.8 Å². The van der Waals surface area contributed by atoms with Gasteiger partial charge in [-0.2, -0.15) is 0 Å². The number of primary amides is 1. The van der Waals surface area contributed by atoms with Crippen LogP contribution in [0.2, 0.25) is 0 Å². The number of nitrogens with one attached hydrogen (secondary N) is 1. The van der Waals surface area contributed by atoms with Gasteiger partial charge < -0.3 is 20.4 Å². The third-order valence-corrected chi connectivity index (χ3v) is 9.11. The van der Waals surface area contributed by atoms with Crippen LogP contribution in [-0.2, 0) is 25.3 Å². The number of carbonyl (C=O) groups is 2. The molecule has 0 radical (unpaired) electrons. The average molecular weight is 452 g/mol. The monoisotopic (exact) mass is 452 g/mol. The van der Waals surface area contributed by atoms with Crippen LogP contribution in [0.1, 0.15) is 71.8 Å². The van der Waals surface area contributed by atoms with Crippen molar-refractivity contribution in [2.75, 3.05) is 0 Å². The zero-order chi connectivity index (χ0) is 23.6. The minimum Gasteiger partial charge on any atom is -0.399 e. The fourth-order valence-electron chi connectivity index (χ4n) is 6.95. The minimum atomic E-state index is -0.701. The van der Waals surface area contributed by atoms with Crippen molar-refractivity contribution in [2.45, 2.75) is 89.9 Å². The molecule has 1 heterocycles. The SMILES string of the molecule is CC1(C)OB(c2ccc(C[C@@H](NC(=O)C34CC5CC(CC(C5)C3)C4)C(N)=O)cc2)OC1(C)C. The molecule has 1 saturated heterocycles. The van der Waals surface area contributed by atoms with E-state index in [-0.39, 0.29) is 11.3 Å². The van der Waals surface area contributed by atoms with Crippen LogP contribution in [-0.4, -0.2) is 36.2 Å². The molecule has 1 aliphatic heterocycles. The summed E-state index contributed by atoms with van der Waals surface area (Å²) < 4.78 is 12.3. The fraction of sp³-hybridized carbons (Fsp3) is 0.692. The molecule has 0 unspecified atom stereocenters. The third-order valence-electron chi connectivity index (χ3n) is 9.11.